The number of hydrogen-bond donors (Lipinski definition) is 0. The monoisotopic (exact) mass is 317 g/mol. The summed E-state index contributed by atoms with van der Waals surface area (Å²) in [6.07, 6.45) is 2.41. The summed E-state index contributed by atoms with van der Waals surface area (Å²) in [5.41, 5.74) is 0.0723. The van der Waals surface area contributed by atoms with Gasteiger partial charge in [-0.05, 0) is 35.9 Å². The van der Waals surface area contributed by atoms with Gasteiger partial charge in [0.15, 0.2) is 0 Å². The summed E-state index contributed by atoms with van der Waals surface area (Å²) in [5, 5.41) is 11.0. The average molecular weight is 317 g/mol. The lowest BCUT2D eigenvalue weighted by Gasteiger charge is -2.04. The molecule has 0 N–H and O–H groups in total. The highest BCUT2D eigenvalue weighted by Crippen LogP contribution is 2.31. The Bertz CT molecular complexity index is 773. The van der Waals surface area contributed by atoms with Gasteiger partial charge in [-0.1, -0.05) is 12.1 Å². The minimum Gasteiger partial charge on any atom is -0.496 e. The van der Waals surface area contributed by atoms with Crippen LogP contribution in [0, 0.1) is 15.9 Å². The van der Waals surface area contributed by atoms with Crippen molar-refractivity contribution < 1.29 is 23.6 Å². The lowest BCUT2D eigenvalue weighted by molar-refractivity contribution is -0.385. The second-order valence-corrected chi connectivity index (χ2v) is 4.40. The lowest BCUT2D eigenvalue weighted by Crippen LogP contribution is -2.06. The van der Waals surface area contributed by atoms with Crippen LogP contribution in [0.3, 0.4) is 0 Å². The van der Waals surface area contributed by atoms with Crippen molar-refractivity contribution in [3.63, 3.8) is 0 Å². The minimum absolute atomic E-state index is 0.204. The van der Waals surface area contributed by atoms with Crippen LogP contribution in [0.2, 0.25) is 0 Å². The van der Waals surface area contributed by atoms with Crippen LogP contribution in [-0.4, -0.2) is 18.0 Å². The molecule has 0 amide bonds. The van der Waals surface area contributed by atoms with E-state index in [0.29, 0.717) is 5.56 Å². The fourth-order valence-electron chi connectivity index (χ4n) is 1.77. The molecule has 7 heteroatoms. The van der Waals surface area contributed by atoms with Gasteiger partial charge in [0.1, 0.15) is 11.6 Å². The molecule has 0 aliphatic rings. The van der Waals surface area contributed by atoms with Gasteiger partial charge in [0.05, 0.1) is 18.1 Å². The summed E-state index contributed by atoms with van der Waals surface area (Å²) < 4.78 is 22.8. The quantitative estimate of drug-likeness (QED) is 0.278. The van der Waals surface area contributed by atoms with Crippen LogP contribution in [0.1, 0.15) is 5.56 Å². The summed E-state index contributed by atoms with van der Waals surface area (Å²) in [7, 11) is 1.37. The number of methoxy groups -OCH3 is 1. The summed E-state index contributed by atoms with van der Waals surface area (Å²) in [6.45, 7) is 0. The molecule has 0 aromatic heterocycles. The molecule has 0 fully saturated rings. The van der Waals surface area contributed by atoms with Crippen molar-refractivity contribution in [2.75, 3.05) is 7.11 Å². The Labute approximate surface area is 130 Å². The van der Waals surface area contributed by atoms with Crippen molar-refractivity contribution in [1.29, 1.82) is 0 Å². The van der Waals surface area contributed by atoms with E-state index in [-0.39, 0.29) is 11.5 Å². The zero-order chi connectivity index (χ0) is 16.8. The molecule has 0 unspecified atom stereocenters. The molecule has 2 rings (SSSR count). The van der Waals surface area contributed by atoms with Crippen molar-refractivity contribution in [3.8, 4) is 11.5 Å². The van der Waals surface area contributed by atoms with Crippen LogP contribution in [0.5, 0.6) is 11.5 Å². The van der Waals surface area contributed by atoms with E-state index >= 15 is 0 Å². The normalized spacial score (nSPS) is 10.5. The molecule has 118 valence electrons. The Morgan fingerprint density at radius 2 is 2.04 bits per heavy atom. The molecule has 0 aliphatic carbocycles. The highest BCUT2D eigenvalue weighted by molar-refractivity contribution is 5.89. The summed E-state index contributed by atoms with van der Waals surface area (Å²) >= 11 is 0. The van der Waals surface area contributed by atoms with E-state index in [1.165, 1.54) is 43.5 Å². The third kappa shape index (κ3) is 4.37. The van der Waals surface area contributed by atoms with E-state index in [1.54, 1.807) is 6.07 Å². The van der Waals surface area contributed by atoms with Crippen molar-refractivity contribution in [3.05, 3.63) is 70.0 Å². The summed E-state index contributed by atoms with van der Waals surface area (Å²) in [6, 6.07) is 9.46. The van der Waals surface area contributed by atoms with Crippen molar-refractivity contribution in [2.45, 2.75) is 0 Å². The third-order valence-electron chi connectivity index (χ3n) is 2.83. The van der Waals surface area contributed by atoms with Crippen LogP contribution >= 0.6 is 0 Å². The molecule has 0 heterocycles. The Balaban J connectivity index is 2.15. The van der Waals surface area contributed by atoms with Crippen molar-refractivity contribution >= 4 is 17.7 Å². The molecule has 0 atom stereocenters. The maximum absolute atomic E-state index is 13.0. The van der Waals surface area contributed by atoms with Crippen molar-refractivity contribution in [1.82, 2.24) is 0 Å². The number of nitrogens with zero attached hydrogens (tertiary/aromatic N) is 1. The van der Waals surface area contributed by atoms with Crippen LogP contribution < -0.4 is 9.47 Å². The minimum atomic E-state index is -0.817. The second kappa shape index (κ2) is 7.17. The SMILES string of the molecule is COc1ccc(OC(=O)/C=C/c2cccc(F)c2)c([N+](=O)[O-])c1. The van der Waals surface area contributed by atoms with Gasteiger partial charge in [-0.15, -0.1) is 0 Å². The number of hydrogen-bond acceptors (Lipinski definition) is 5. The molecule has 0 saturated heterocycles. The number of nitro groups is 1. The summed E-state index contributed by atoms with van der Waals surface area (Å²) in [4.78, 5) is 22.1. The number of benzene rings is 2. The first-order valence-electron chi connectivity index (χ1n) is 6.47. The molecule has 0 spiro atoms. The van der Waals surface area contributed by atoms with Gasteiger partial charge in [0.2, 0.25) is 5.75 Å². The number of carbonyl (C=O) groups excluding carboxylic acids is 1. The zero-order valence-electron chi connectivity index (χ0n) is 12.1. The number of halogens is 1. The van der Waals surface area contributed by atoms with Crippen LogP contribution in [0.15, 0.2) is 48.5 Å². The summed E-state index contributed by atoms with van der Waals surface area (Å²) in [5.74, 6) is -1.19. The van der Waals surface area contributed by atoms with E-state index in [0.717, 1.165) is 12.1 Å². The lowest BCUT2D eigenvalue weighted by atomic mass is 10.2. The van der Waals surface area contributed by atoms with Crippen LogP contribution in [0.4, 0.5) is 10.1 Å². The fourth-order valence-corrected chi connectivity index (χ4v) is 1.77. The van der Waals surface area contributed by atoms with Gasteiger partial charge >= 0.3 is 11.7 Å². The maximum atomic E-state index is 13.0. The topological polar surface area (TPSA) is 78.7 Å². The number of rotatable bonds is 5. The average Bonchev–Trinajstić information content (AvgIpc) is 2.53. The number of ether oxygens (including phenoxy) is 2. The Morgan fingerprint density at radius 3 is 2.70 bits per heavy atom. The van der Waals surface area contributed by atoms with Gasteiger partial charge < -0.3 is 9.47 Å². The highest BCUT2D eigenvalue weighted by Gasteiger charge is 2.18. The van der Waals surface area contributed by atoms with E-state index in [2.05, 4.69) is 0 Å². The Morgan fingerprint density at radius 1 is 1.26 bits per heavy atom. The van der Waals surface area contributed by atoms with Gasteiger partial charge in [-0.3, -0.25) is 10.1 Å². The van der Waals surface area contributed by atoms with Crippen LogP contribution in [-0.2, 0) is 4.79 Å². The second-order valence-electron chi connectivity index (χ2n) is 4.40. The predicted octanol–water partition coefficient (Wildman–Crippen LogP) is 3.36. The van der Waals surface area contributed by atoms with Gasteiger partial charge in [0, 0.05) is 6.08 Å². The number of carbonyl (C=O) groups is 1. The molecular weight excluding hydrogens is 305 g/mol. The highest BCUT2D eigenvalue weighted by atomic mass is 19.1. The van der Waals surface area contributed by atoms with E-state index in [9.17, 15) is 19.3 Å². The third-order valence-corrected chi connectivity index (χ3v) is 2.83. The van der Waals surface area contributed by atoms with Gasteiger partial charge in [0.25, 0.3) is 0 Å². The number of esters is 1. The largest absolute Gasteiger partial charge is 0.496 e. The molecule has 0 saturated carbocycles. The molecule has 23 heavy (non-hydrogen) atoms. The van der Waals surface area contributed by atoms with Gasteiger partial charge in [-0.25, -0.2) is 9.18 Å². The maximum Gasteiger partial charge on any atom is 0.336 e. The predicted molar refractivity (Wildman–Crippen MR) is 80.7 cm³/mol. The molecule has 6 nitrogen and oxygen atoms in total. The molecule has 0 bridgehead atoms. The standard InChI is InChI=1S/C16H12FNO5/c1-22-13-6-7-15(14(10-13)18(20)21)23-16(19)8-5-11-3-2-4-12(17)9-11/h2-10H,1H3/b8-5+. The first-order valence-corrected chi connectivity index (χ1v) is 6.47. The smallest absolute Gasteiger partial charge is 0.336 e. The molecule has 0 aliphatic heterocycles. The Kier molecular flexibility index (Phi) is 5.03. The van der Waals surface area contributed by atoms with E-state index in [4.69, 9.17) is 9.47 Å². The van der Waals surface area contributed by atoms with Crippen molar-refractivity contribution in [2.24, 2.45) is 0 Å². The van der Waals surface area contributed by atoms with E-state index < -0.39 is 22.4 Å². The van der Waals surface area contributed by atoms with E-state index in [1.807, 2.05) is 0 Å². The molecule has 2 aromatic rings. The Hall–Kier alpha value is -3.22. The molecular formula is C16H12FNO5. The first-order chi connectivity index (χ1) is 11.0. The molecule has 0 radical (unpaired) electrons. The zero-order valence-corrected chi connectivity index (χ0v) is 12.1. The molecule has 2 aromatic carbocycles. The van der Waals surface area contributed by atoms with Crippen LogP contribution in [0.25, 0.3) is 6.08 Å². The fraction of sp³-hybridized carbons (Fsp3) is 0.0625. The first kappa shape index (κ1) is 16.2. The van der Waals surface area contributed by atoms with Gasteiger partial charge in [-0.2, -0.15) is 0 Å². The number of nitro benzene ring substituents is 1.